The summed E-state index contributed by atoms with van der Waals surface area (Å²) in [6, 6.07) is 1.41. The van der Waals surface area contributed by atoms with E-state index < -0.39 is 11.6 Å². The number of nitrogens with zero attached hydrogens (tertiary/aromatic N) is 2. The molecule has 0 fully saturated rings. The second-order valence-corrected chi connectivity index (χ2v) is 7.84. The number of aryl methyl sites for hydroxylation is 2. The van der Waals surface area contributed by atoms with E-state index in [9.17, 15) is 9.59 Å². The number of anilines is 1. The highest BCUT2D eigenvalue weighted by Gasteiger charge is 2.30. The van der Waals surface area contributed by atoms with Gasteiger partial charge in [0.1, 0.15) is 11.4 Å². The third-order valence-corrected chi connectivity index (χ3v) is 3.45. The molecule has 0 aliphatic carbocycles. The van der Waals surface area contributed by atoms with Gasteiger partial charge >= 0.3 is 6.03 Å². The molecule has 24 heavy (non-hydrogen) atoms. The van der Waals surface area contributed by atoms with Crippen LogP contribution in [-0.2, 0) is 18.3 Å². The Labute approximate surface area is 144 Å². The maximum Gasteiger partial charge on any atom is 0.321 e. The molecule has 3 N–H and O–H groups in total. The number of carbonyl (C=O) groups is 2. The molecule has 7 nitrogen and oxygen atoms in total. The Balaban J connectivity index is 2.64. The van der Waals surface area contributed by atoms with Gasteiger partial charge in [0.15, 0.2) is 0 Å². The first-order chi connectivity index (χ1) is 10.9. The summed E-state index contributed by atoms with van der Waals surface area (Å²) in [5.74, 6) is 0.381. The maximum absolute atomic E-state index is 12.3. The van der Waals surface area contributed by atoms with E-state index in [2.05, 4.69) is 28.0 Å². The normalized spacial score (nSPS) is 12.0. The highest BCUT2D eigenvalue weighted by atomic mass is 16.2. The number of rotatable bonds is 6. The minimum absolute atomic E-state index is 0.0155. The average Bonchev–Trinajstić information content (AvgIpc) is 2.74. The topological polar surface area (TPSA) is 88.0 Å². The molecule has 0 spiro atoms. The highest BCUT2D eigenvalue weighted by Crippen LogP contribution is 2.13. The molecule has 0 aliphatic rings. The van der Waals surface area contributed by atoms with E-state index in [4.69, 9.17) is 0 Å². The Bertz CT molecular complexity index is 584. The molecular formula is C17H31N5O2. The van der Waals surface area contributed by atoms with Gasteiger partial charge in [-0.05, 0) is 25.7 Å². The molecule has 0 saturated carbocycles. The van der Waals surface area contributed by atoms with E-state index in [-0.39, 0.29) is 11.3 Å². The average molecular weight is 337 g/mol. The fraction of sp³-hybridized carbons (Fsp3) is 0.706. The van der Waals surface area contributed by atoms with Crippen LogP contribution in [0.2, 0.25) is 0 Å². The van der Waals surface area contributed by atoms with E-state index >= 15 is 0 Å². The monoisotopic (exact) mass is 337 g/mol. The lowest BCUT2D eigenvalue weighted by molar-refractivity contribution is -0.126. The second-order valence-electron chi connectivity index (χ2n) is 7.84. The molecule has 3 amide bonds. The predicted molar refractivity (Wildman–Crippen MR) is 95.9 cm³/mol. The Morgan fingerprint density at radius 2 is 1.83 bits per heavy atom. The van der Waals surface area contributed by atoms with Crippen LogP contribution < -0.4 is 16.0 Å². The minimum atomic E-state index is -1.01. The van der Waals surface area contributed by atoms with Crippen molar-refractivity contribution in [2.24, 2.45) is 12.5 Å². The lowest BCUT2D eigenvalue weighted by Gasteiger charge is -2.27. The molecule has 0 atom stereocenters. The Morgan fingerprint density at radius 3 is 2.38 bits per heavy atom. The van der Waals surface area contributed by atoms with Gasteiger partial charge in [-0.2, -0.15) is 5.10 Å². The summed E-state index contributed by atoms with van der Waals surface area (Å²) in [5.41, 5.74) is -0.101. The van der Waals surface area contributed by atoms with Gasteiger partial charge in [-0.25, -0.2) is 4.79 Å². The second kappa shape index (κ2) is 7.68. The largest absolute Gasteiger partial charge is 0.354 e. The first-order valence-corrected chi connectivity index (χ1v) is 8.35. The lowest BCUT2D eigenvalue weighted by atomic mass is 9.96. The summed E-state index contributed by atoms with van der Waals surface area (Å²) < 4.78 is 1.62. The van der Waals surface area contributed by atoms with E-state index in [1.807, 2.05) is 26.8 Å². The van der Waals surface area contributed by atoms with E-state index in [0.29, 0.717) is 12.4 Å². The molecule has 1 heterocycles. The Hall–Kier alpha value is -2.05. The molecule has 0 aromatic carbocycles. The summed E-state index contributed by atoms with van der Waals surface area (Å²) in [4.78, 5) is 24.5. The Kier molecular flexibility index (Phi) is 6.40. The molecule has 0 unspecified atom stereocenters. The van der Waals surface area contributed by atoms with Gasteiger partial charge in [0, 0.05) is 19.7 Å². The van der Waals surface area contributed by atoms with Crippen LogP contribution >= 0.6 is 0 Å². The standard InChI is InChI=1S/C17H31N5O2/c1-8-9-12-10-13(22(7)21-12)19-15(24)20-17(5,6)14(23)18-11-16(2,3)4/h10H,8-9,11H2,1-7H3,(H,18,23)(H2,19,20,24). The third-order valence-electron chi connectivity index (χ3n) is 3.45. The maximum atomic E-state index is 12.3. The number of aromatic nitrogens is 2. The highest BCUT2D eigenvalue weighted by molar-refractivity contribution is 5.95. The predicted octanol–water partition coefficient (Wildman–Crippen LogP) is 2.44. The first-order valence-electron chi connectivity index (χ1n) is 8.35. The number of carbonyl (C=O) groups excluding carboxylic acids is 2. The van der Waals surface area contributed by atoms with Crippen molar-refractivity contribution < 1.29 is 9.59 Å². The minimum Gasteiger partial charge on any atom is -0.354 e. The zero-order chi connectivity index (χ0) is 18.5. The van der Waals surface area contributed by atoms with Crippen LogP contribution in [0.3, 0.4) is 0 Å². The molecule has 0 saturated heterocycles. The number of nitrogens with one attached hydrogen (secondary N) is 3. The molecule has 1 aromatic rings. The first kappa shape index (κ1) is 20.0. The van der Waals surface area contributed by atoms with Crippen molar-refractivity contribution in [1.82, 2.24) is 20.4 Å². The summed E-state index contributed by atoms with van der Waals surface area (Å²) in [5, 5.41) is 12.7. The number of hydrogen-bond acceptors (Lipinski definition) is 3. The van der Waals surface area contributed by atoms with Crippen molar-refractivity contribution in [3.8, 4) is 0 Å². The number of hydrogen-bond donors (Lipinski definition) is 3. The van der Waals surface area contributed by atoms with Crippen molar-refractivity contribution in [3.05, 3.63) is 11.8 Å². The quantitative estimate of drug-likeness (QED) is 0.745. The van der Waals surface area contributed by atoms with E-state index in [0.717, 1.165) is 18.5 Å². The van der Waals surface area contributed by atoms with Gasteiger partial charge in [0.05, 0.1) is 5.69 Å². The van der Waals surface area contributed by atoms with Crippen molar-refractivity contribution in [3.63, 3.8) is 0 Å². The van der Waals surface area contributed by atoms with Gasteiger partial charge in [-0.3, -0.25) is 14.8 Å². The van der Waals surface area contributed by atoms with Gasteiger partial charge < -0.3 is 10.6 Å². The van der Waals surface area contributed by atoms with Crippen LogP contribution in [0.25, 0.3) is 0 Å². The van der Waals surface area contributed by atoms with Crippen LogP contribution in [0, 0.1) is 5.41 Å². The Morgan fingerprint density at radius 1 is 1.21 bits per heavy atom. The number of urea groups is 1. The molecule has 0 aliphatic heterocycles. The van der Waals surface area contributed by atoms with E-state index in [1.54, 1.807) is 25.6 Å². The molecule has 136 valence electrons. The van der Waals surface area contributed by atoms with Crippen LogP contribution in [0.1, 0.15) is 53.7 Å². The van der Waals surface area contributed by atoms with Crippen LogP contribution in [0.4, 0.5) is 10.6 Å². The fourth-order valence-corrected chi connectivity index (χ4v) is 2.08. The van der Waals surface area contributed by atoms with Crippen LogP contribution in [0.15, 0.2) is 6.07 Å². The summed E-state index contributed by atoms with van der Waals surface area (Å²) in [6.07, 6.45) is 1.85. The van der Waals surface area contributed by atoms with Crippen molar-refractivity contribution in [2.75, 3.05) is 11.9 Å². The molecular weight excluding hydrogens is 306 g/mol. The van der Waals surface area contributed by atoms with Gasteiger partial charge in [0.2, 0.25) is 5.91 Å². The van der Waals surface area contributed by atoms with Crippen molar-refractivity contribution >= 4 is 17.8 Å². The van der Waals surface area contributed by atoms with Crippen LogP contribution in [-0.4, -0.2) is 33.8 Å². The summed E-state index contributed by atoms with van der Waals surface area (Å²) in [6.45, 7) is 12.1. The van der Waals surface area contributed by atoms with Crippen molar-refractivity contribution in [2.45, 2.75) is 59.9 Å². The zero-order valence-electron chi connectivity index (χ0n) is 15.9. The molecule has 7 heteroatoms. The zero-order valence-corrected chi connectivity index (χ0v) is 15.9. The molecule has 0 radical (unpaired) electrons. The number of amides is 3. The van der Waals surface area contributed by atoms with Gasteiger partial charge in [-0.15, -0.1) is 0 Å². The van der Waals surface area contributed by atoms with Crippen LogP contribution in [0.5, 0.6) is 0 Å². The SMILES string of the molecule is CCCc1cc(NC(=O)NC(C)(C)C(=O)NCC(C)(C)C)n(C)n1. The summed E-state index contributed by atoms with van der Waals surface area (Å²) >= 11 is 0. The summed E-state index contributed by atoms with van der Waals surface area (Å²) in [7, 11) is 1.77. The van der Waals surface area contributed by atoms with E-state index in [1.165, 1.54) is 0 Å². The van der Waals surface area contributed by atoms with Gasteiger partial charge in [-0.1, -0.05) is 34.1 Å². The lowest BCUT2D eigenvalue weighted by Crippen LogP contribution is -2.56. The third kappa shape index (κ3) is 6.22. The molecule has 0 bridgehead atoms. The van der Waals surface area contributed by atoms with Crippen molar-refractivity contribution in [1.29, 1.82) is 0 Å². The fourth-order valence-electron chi connectivity index (χ4n) is 2.08. The molecule has 1 aromatic heterocycles. The van der Waals surface area contributed by atoms with Gasteiger partial charge in [0.25, 0.3) is 0 Å². The molecule has 1 rings (SSSR count). The smallest absolute Gasteiger partial charge is 0.321 e.